The lowest BCUT2D eigenvalue weighted by Crippen LogP contribution is -2.50. The lowest BCUT2D eigenvalue weighted by atomic mass is 10.1. The Morgan fingerprint density at radius 3 is 3.00 bits per heavy atom. The average Bonchev–Trinajstić information content (AvgIpc) is 2.26. The number of rotatable bonds is 4. The Labute approximate surface area is 90.9 Å². The van der Waals surface area contributed by atoms with Gasteiger partial charge in [-0.2, -0.15) is 0 Å². The minimum Gasteiger partial charge on any atom is -0.409 e. The summed E-state index contributed by atoms with van der Waals surface area (Å²) in [6, 6.07) is 0.759. The van der Waals surface area contributed by atoms with Gasteiger partial charge in [-0.3, -0.25) is 4.90 Å². The fourth-order valence-electron chi connectivity index (χ4n) is 2.06. The van der Waals surface area contributed by atoms with Crippen LogP contribution in [0.25, 0.3) is 0 Å². The monoisotopic (exact) mass is 215 g/mol. The Hall–Kier alpha value is -0.810. The summed E-state index contributed by atoms with van der Waals surface area (Å²) in [5, 5.41) is 11.6. The number of morpholine rings is 1. The number of amidine groups is 1. The molecule has 2 atom stereocenters. The zero-order valence-electron chi connectivity index (χ0n) is 9.52. The molecule has 0 aromatic rings. The molecule has 1 aliphatic rings. The highest BCUT2D eigenvalue weighted by atomic mass is 16.5. The SMILES string of the molecule is CCC(C/C(N)=N/O)N1CCOCC1C. The first kappa shape index (κ1) is 12.3. The second-order valence-electron chi connectivity index (χ2n) is 4.02. The minimum atomic E-state index is 0.306. The number of nitrogens with zero attached hydrogens (tertiary/aromatic N) is 2. The van der Waals surface area contributed by atoms with Gasteiger partial charge in [0.05, 0.1) is 13.2 Å². The molecule has 0 amide bonds. The molecule has 1 fully saturated rings. The zero-order chi connectivity index (χ0) is 11.3. The topological polar surface area (TPSA) is 71.1 Å². The van der Waals surface area contributed by atoms with Crippen LogP contribution < -0.4 is 5.73 Å². The van der Waals surface area contributed by atoms with E-state index in [2.05, 4.69) is 23.9 Å². The van der Waals surface area contributed by atoms with Crippen molar-refractivity contribution < 1.29 is 9.94 Å². The summed E-state index contributed by atoms with van der Waals surface area (Å²) in [5.74, 6) is 0.306. The molecule has 0 radical (unpaired) electrons. The summed E-state index contributed by atoms with van der Waals surface area (Å²) < 4.78 is 5.39. The number of hydrogen-bond acceptors (Lipinski definition) is 4. The van der Waals surface area contributed by atoms with Crippen molar-refractivity contribution in [3.63, 3.8) is 0 Å². The molecule has 1 heterocycles. The van der Waals surface area contributed by atoms with Crippen molar-refractivity contribution in [1.29, 1.82) is 0 Å². The molecule has 5 heteroatoms. The lowest BCUT2D eigenvalue weighted by Gasteiger charge is -2.39. The van der Waals surface area contributed by atoms with Gasteiger partial charge in [0.1, 0.15) is 5.84 Å². The van der Waals surface area contributed by atoms with Gasteiger partial charge >= 0.3 is 0 Å². The largest absolute Gasteiger partial charge is 0.409 e. The van der Waals surface area contributed by atoms with Gasteiger partial charge in [-0.1, -0.05) is 12.1 Å². The molecule has 1 saturated heterocycles. The van der Waals surface area contributed by atoms with Gasteiger partial charge in [-0.05, 0) is 13.3 Å². The normalized spacial score (nSPS) is 26.5. The van der Waals surface area contributed by atoms with Gasteiger partial charge in [-0.25, -0.2) is 0 Å². The number of hydrogen-bond donors (Lipinski definition) is 2. The molecule has 0 bridgehead atoms. The van der Waals surface area contributed by atoms with Gasteiger partial charge in [0.15, 0.2) is 0 Å². The summed E-state index contributed by atoms with van der Waals surface area (Å²) in [6.07, 6.45) is 1.62. The Balaban J connectivity index is 2.55. The molecule has 0 aromatic carbocycles. The first-order chi connectivity index (χ1) is 7.19. The fourth-order valence-corrected chi connectivity index (χ4v) is 2.06. The van der Waals surface area contributed by atoms with E-state index < -0.39 is 0 Å². The van der Waals surface area contributed by atoms with Gasteiger partial charge in [0, 0.05) is 25.0 Å². The van der Waals surface area contributed by atoms with Crippen LogP contribution in [0.3, 0.4) is 0 Å². The van der Waals surface area contributed by atoms with Crippen LogP contribution in [0.5, 0.6) is 0 Å². The molecule has 5 nitrogen and oxygen atoms in total. The van der Waals surface area contributed by atoms with E-state index in [0.717, 1.165) is 26.2 Å². The summed E-state index contributed by atoms with van der Waals surface area (Å²) in [7, 11) is 0. The second-order valence-corrected chi connectivity index (χ2v) is 4.02. The third-order valence-corrected chi connectivity index (χ3v) is 2.93. The lowest BCUT2D eigenvalue weighted by molar-refractivity contribution is -0.0214. The standard InChI is InChI=1S/C10H21N3O2/c1-3-9(6-10(11)12-14)13-4-5-15-7-8(13)2/h8-9,14H,3-7H2,1-2H3,(H2,11,12). The van der Waals surface area contributed by atoms with Gasteiger partial charge in [0.2, 0.25) is 0 Å². The zero-order valence-corrected chi connectivity index (χ0v) is 9.52. The van der Waals surface area contributed by atoms with E-state index in [9.17, 15) is 0 Å². The van der Waals surface area contributed by atoms with E-state index in [0.29, 0.717) is 24.3 Å². The van der Waals surface area contributed by atoms with E-state index in [1.165, 1.54) is 0 Å². The molecular weight excluding hydrogens is 194 g/mol. The van der Waals surface area contributed by atoms with Crippen molar-refractivity contribution in [3.05, 3.63) is 0 Å². The molecule has 0 saturated carbocycles. The number of oxime groups is 1. The highest BCUT2D eigenvalue weighted by Crippen LogP contribution is 2.15. The molecule has 2 unspecified atom stereocenters. The quantitative estimate of drug-likeness (QED) is 0.312. The average molecular weight is 215 g/mol. The smallest absolute Gasteiger partial charge is 0.140 e. The predicted octanol–water partition coefficient (Wildman–Crippen LogP) is 0.622. The second kappa shape index (κ2) is 5.92. The van der Waals surface area contributed by atoms with Crippen LogP contribution in [0.15, 0.2) is 5.16 Å². The van der Waals surface area contributed by atoms with Crippen molar-refractivity contribution >= 4 is 5.84 Å². The summed E-state index contributed by atoms with van der Waals surface area (Å²) >= 11 is 0. The number of nitrogens with two attached hydrogens (primary N) is 1. The van der Waals surface area contributed by atoms with Crippen molar-refractivity contribution in [3.8, 4) is 0 Å². The van der Waals surface area contributed by atoms with Gasteiger partial charge in [-0.15, -0.1) is 0 Å². The third-order valence-electron chi connectivity index (χ3n) is 2.93. The first-order valence-corrected chi connectivity index (χ1v) is 5.49. The molecule has 15 heavy (non-hydrogen) atoms. The summed E-state index contributed by atoms with van der Waals surface area (Å²) in [5.41, 5.74) is 5.54. The van der Waals surface area contributed by atoms with Gasteiger partial charge < -0.3 is 15.7 Å². The predicted molar refractivity (Wildman–Crippen MR) is 59.1 cm³/mol. The van der Waals surface area contributed by atoms with Crippen molar-refractivity contribution in [2.24, 2.45) is 10.9 Å². The van der Waals surface area contributed by atoms with Crippen LogP contribution in [0, 0.1) is 0 Å². The molecule has 0 aliphatic carbocycles. The Kier molecular flexibility index (Phi) is 4.84. The van der Waals surface area contributed by atoms with E-state index in [-0.39, 0.29) is 0 Å². The highest BCUT2D eigenvalue weighted by Gasteiger charge is 2.25. The van der Waals surface area contributed by atoms with Crippen LogP contribution in [-0.2, 0) is 4.74 Å². The Morgan fingerprint density at radius 1 is 1.73 bits per heavy atom. The first-order valence-electron chi connectivity index (χ1n) is 5.49. The maximum atomic E-state index is 8.56. The van der Waals surface area contributed by atoms with Crippen LogP contribution in [0.2, 0.25) is 0 Å². The molecule has 1 aliphatic heterocycles. The minimum absolute atomic E-state index is 0.306. The number of ether oxygens (including phenoxy) is 1. The highest BCUT2D eigenvalue weighted by molar-refractivity contribution is 5.80. The Morgan fingerprint density at radius 2 is 2.47 bits per heavy atom. The van der Waals surface area contributed by atoms with E-state index in [4.69, 9.17) is 15.7 Å². The van der Waals surface area contributed by atoms with Crippen LogP contribution >= 0.6 is 0 Å². The Bertz CT molecular complexity index is 221. The molecule has 0 spiro atoms. The van der Waals surface area contributed by atoms with Crippen LogP contribution in [0.4, 0.5) is 0 Å². The molecule has 88 valence electrons. The molecule has 3 N–H and O–H groups in total. The summed E-state index contributed by atoms with van der Waals surface area (Å²) in [4.78, 5) is 2.38. The maximum absolute atomic E-state index is 8.56. The van der Waals surface area contributed by atoms with E-state index >= 15 is 0 Å². The van der Waals surface area contributed by atoms with Crippen molar-refractivity contribution in [2.45, 2.75) is 38.8 Å². The third kappa shape index (κ3) is 3.35. The van der Waals surface area contributed by atoms with E-state index in [1.54, 1.807) is 0 Å². The summed E-state index contributed by atoms with van der Waals surface area (Å²) in [6.45, 7) is 6.74. The molecule has 1 rings (SSSR count). The molecular formula is C10H21N3O2. The molecule has 0 aromatic heterocycles. The van der Waals surface area contributed by atoms with Gasteiger partial charge in [0.25, 0.3) is 0 Å². The van der Waals surface area contributed by atoms with Crippen LogP contribution in [-0.4, -0.2) is 47.8 Å². The van der Waals surface area contributed by atoms with Crippen molar-refractivity contribution in [2.75, 3.05) is 19.8 Å². The van der Waals surface area contributed by atoms with Crippen LogP contribution in [0.1, 0.15) is 26.7 Å². The van der Waals surface area contributed by atoms with E-state index in [1.807, 2.05) is 0 Å². The van der Waals surface area contributed by atoms with Crippen molar-refractivity contribution in [1.82, 2.24) is 4.90 Å². The fraction of sp³-hybridized carbons (Fsp3) is 0.900. The maximum Gasteiger partial charge on any atom is 0.140 e.